The number of aryl methyl sites for hydroxylation is 1. The number of hydrogen-bond donors (Lipinski definition) is 2. The van der Waals surface area contributed by atoms with E-state index in [1.807, 2.05) is 19.1 Å². The first-order valence-corrected chi connectivity index (χ1v) is 9.75. The Balaban J connectivity index is 1.90. The lowest BCUT2D eigenvalue weighted by Gasteiger charge is -2.31. The first kappa shape index (κ1) is 20.6. The minimum Gasteiger partial charge on any atom is -0.493 e. The summed E-state index contributed by atoms with van der Waals surface area (Å²) in [5, 5.41) is 2.93. The maximum absolute atomic E-state index is 12.9. The fourth-order valence-corrected chi connectivity index (χ4v) is 3.71. The molecule has 1 aliphatic heterocycles. The first-order chi connectivity index (χ1) is 14.0. The Morgan fingerprint density at radius 1 is 0.966 bits per heavy atom. The SMILES string of the molecule is COc1cc(C(=O)Nc2cc(N3CCCCC3)c(C)cc2N)cc(OC)c1OC. The van der Waals surface area contributed by atoms with E-state index in [1.54, 1.807) is 12.1 Å². The largest absolute Gasteiger partial charge is 0.493 e. The second kappa shape index (κ2) is 8.94. The Bertz CT molecular complexity index is 867. The minimum absolute atomic E-state index is 0.301. The number of amides is 1. The number of nitrogens with two attached hydrogens (primary N) is 1. The van der Waals surface area contributed by atoms with E-state index in [-0.39, 0.29) is 5.91 Å². The number of nitrogen functional groups attached to an aromatic ring is 1. The number of ether oxygens (including phenoxy) is 3. The van der Waals surface area contributed by atoms with Gasteiger partial charge in [0.1, 0.15) is 0 Å². The summed E-state index contributed by atoms with van der Waals surface area (Å²) < 4.78 is 16.0. The number of nitrogens with zero attached hydrogens (tertiary/aromatic N) is 1. The number of carbonyl (C=O) groups excluding carboxylic acids is 1. The molecular formula is C22H29N3O4. The number of benzene rings is 2. The van der Waals surface area contributed by atoms with Gasteiger partial charge in [0, 0.05) is 24.3 Å². The monoisotopic (exact) mass is 399 g/mol. The zero-order chi connectivity index (χ0) is 21.0. The van der Waals surface area contributed by atoms with E-state index in [0.29, 0.717) is 34.2 Å². The molecule has 0 saturated carbocycles. The van der Waals surface area contributed by atoms with Crippen molar-refractivity contribution in [2.24, 2.45) is 0 Å². The summed E-state index contributed by atoms with van der Waals surface area (Å²) in [6.07, 6.45) is 3.61. The molecule has 3 rings (SSSR count). The Kier molecular flexibility index (Phi) is 6.36. The molecule has 2 aromatic carbocycles. The van der Waals surface area contributed by atoms with Crippen LogP contribution in [0.25, 0.3) is 0 Å². The van der Waals surface area contributed by atoms with Crippen molar-refractivity contribution in [3.05, 3.63) is 35.4 Å². The van der Waals surface area contributed by atoms with E-state index < -0.39 is 0 Å². The molecule has 2 aromatic rings. The molecule has 29 heavy (non-hydrogen) atoms. The summed E-state index contributed by atoms with van der Waals surface area (Å²) in [4.78, 5) is 15.3. The summed E-state index contributed by atoms with van der Waals surface area (Å²) in [5.41, 5.74) is 9.93. The van der Waals surface area contributed by atoms with Crippen LogP contribution in [0, 0.1) is 6.92 Å². The van der Waals surface area contributed by atoms with Crippen LogP contribution in [0.15, 0.2) is 24.3 Å². The summed E-state index contributed by atoms with van der Waals surface area (Å²) >= 11 is 0. The molecule has 0 radical (unpaired) electrons. The maximum atomic E-state index is 12.9. The van der Waals surface area contributed by atoms with Crippen LogP contribution < -0.4 is 30.2 Å². The molecule has 0 unspecified atom stereocenters. The molecular weight excluding hydrogens is 370 g/mol. The number of piperidine rings is 1. The molecule has 1 aliphatic rings. The first-order valence-electron chi connectivity index (χ1n) is 9.75. The maximum Gasteiger partial charge on any atom is 0.255 e. The van der Waals surface area contributed by atoms with Gasteiger partial charge in [-0.2, -0.15) is 0 Å². The molecule has 3 N–H and O–H groups in total. The van der Waals surface area contributed by atoms with E-state index >= 15 is 0 Å². The van der Waals surface area contributed by atoms with Gasteiger partial charge in [-0.3, -0.25) is 4.79 Å². The number of anilines is 3. The highest BCUT2D eigenvalue weighted by Crippen LogP contribution is 2.38. The van der Waals surface area contributed by atoms with Gasteiger partial charge in [-0.15, -0.1) is 0 Å². The van der Waals surface area contributed by atoms with E-state index in [9.17, 15) is 4.79 Å². The van der Waals surface area contributed by atoms with Crippen LogP contribution in [-0.4, -0.2) is 40.3 Å². The van der Waals surface area contributed by atoms with Crippen molar-refractivity contribution >= 4 is 23.0 Å². The Hall–Kier alpha value is -3.09. The van der Waals surface area contributed by atoms with Crippen molar-refractivity contribution in [2.75, 3.05) is 50.4 Å². The van der Waals surface area contributed by atoms with E-state index in [2.05, 4.69) is 10.2 Å². The summed E-state index contributed by atoms with van der Waals surface area (Å²) in [7, 11) is 4.55. The Morgan fingerprint density at radius 2 is 1.59 bits per heavy atom. The molecule has 0 aliphatic carbocycles. The molecule has 0 atom stereocenters. The van der Waals surface area contributed by atoms with Gasteiger partial charge in [-0.1, -0.05) is 0 Å². The molecule has 1 heterocycles. The number of rotatable bonds is 6. The number of hydrogen-bond acceptors (Lipinski definition) is 6. The molecule has 7 heteroatoms. The highest BCUT2D eigenvalue weighted by molar-refractivity contribution is 6.07. The van der Waals surface area contributed by atoms with Gasteiger partial charge in [0.2, 0.25) is 5.75 Å². The third-order valence-electron chi connectivity index (χ3n) is 5.24. The number of methoxy groups -OCH3 is 3. The molecule has 1 fully saturated rings. The van der Waals surface area contributed by atoms with Gasteiger partial charge in [0.25, 0.3) is 5.91 Å². The summed E-state index contributed by atoms with van der Waals surface area (Å²) in [6, 6.07) is 7.11. The van der Waals surface area contributed by atoms with Crippen molar-refractivity contribution in [1.29, 1.82) is 0 Å². The van der Waals surface area contributed by atoms with Crippen LogP contribution in [0.3, 0.4) is 0 Å². The molecule has 0 aromatic heterocycles. The fraction of sp³-hybridized carbons (Fsp3) is 0.409. The number of carbonyl (C=O) groups is 1. The van der Waals surface area contributed by atoms with E-state index in [1.165, 1.54) is 40.6 Å². The highest BCUT2D eigenvalue weighted by atomic mass is 16.5. The summed E-state index contributed by atoms with van der Waals surface area (Å²) in [5.74, 6) is 0.976. The van der Waals surface area contributed by atoms with E-state index in [0.717, 1.165) is 24.3 Å². The van der Waals surface area contributed by atoms with Gasteiger partial charge in [0.05, 0.1) is 32.7 Å². The molecule has 0 bridgehead atoms. The smallest absolute Gasteiger partial charge is 0.255 e. The second-order valence-corrected chi connectivity index (χ2v) is 7.14. The van der Waals surface area contributed by atoms with Crippen molar-refractivity contribution in [1.82, 2.24) is 0 Å². The lowest BCUT2D eigenvalue weighted by Crippen LogP contribution is -2.30. The standard InChI is InChI=1S/C22H29N3O4/c1-14-10-16(23)17(13-18(14)25-8-6-5-7-9-25)24-22(26)15-11-19(27-2)21(29-4)20(12-15)28-3/h10-13H,5-9,23H2,1-4H3,(H,24,26). The predicted molar refractivity (Wildman–Crippen MR) is 116 cm³/mol. The van der Waals surface area contributed by atoms with Crippen molar-refractivity contribution < 1.29 is 19.0 Å². The lowest BCUT2D eigenvalue weighted by molar-refractivity contribution is 0.102. The fourth-order valence-electron chi connectivity index (χ4n) is 3.71. The molecule has 1 saturated heterocycles. The average molecular weight is 399 g/mol. The van der Waals surface area contributed by atoms with Crippen molar-refractivity contribution in [3.63, 3.8) is 0 Å². The van der Waals surface area contributed by atoms with Crippen LogP contribution in [0.4, 0.5) is 17.1 Å². The predicted octanol–water partition coefficient (Wildman–Crippen LogP) is 3.85. The van der Waals surface area contributed by atoms with Crippen LogP contribution in [0.2, 0.25) is 0 Å². The third-order valence-corrected chi connectivity index (χ3v) is 5.24. The minimum atomic E-state index is -0.301. The van der Waals surface area contributed by atoms with Crippen molar-refractivity contribution in [3.8, 4) is 17.2 Å². The van der Waals surface area contributed by atoms with Crippen LogP contribution in [0.1, 0.15) is 35.2 Å². The Morgan fingerprint density at radius 3 is 2.14 bits per heavy atom. The molecule has 0 spiro atoms. The van der Waals surface area contributed by atoms with Gasteiger partial charge in [0.15, 0.2) is 11.5 Å². The third kappa shape index (κ3) is 4.34. The van der Waals surface area contributed by atoms with Crippen LogP contribution in [-0.2, 0) is 0 Å². The average Bonchev–Trinajstić information content (AvgIpc) is 2.74. The zero-order valence-electron chi connectivity index (χ0n) is 17.5. The van der Waals surface area contributed by atoms with Crippen molar-refractivity contribution in [2.45, 2.75) is 26.2 Å². The van der Waals surface area contributed by atoms with Crippen LogP contribution in [0.5, 0.6) is 17.2 Å². The van der Waals surface area contributed by atoms with Gasteiger partial charge < -0.3 is 30.2 Å². The highest BCUT2D eigenvalue weighted by Gasteiger charge is 2.19. The quantitative estimate of drug-likeness (QED) is 0.718. The van der Waals surface area contributed by atoms with Gasteiger partial charge >= 0.3 is 0 Å². The topological polar surface area (TPSA) is 86.1 Å². The zero-order valence-corrected chi connectivity index (χ0v) is 17.5. The lowest BCUT2D eigenvalue weighted by atomic mass is 10.1. The van der Waals surface area contributed by atoms with E-state index in [4.69, 9.17) is 19.9 Å². The number of nitrogens with one attached hydrogen (secondary N) is 1. The van der Waals surface area contributed by atoms with Gasteiger partial charge in [-0.05, 0) is 56.0 Å². The molecule has 1 amide bonds. The normalized spacial score (nSPS) is 13.7. The molecule has 7 nitrogen and oxygen atoms in total. The summed E-state index contributed by atoms with van der Waals surface area (Å²) in [6.45, 7) is 4.08. The second-order valence-electron chi connectivity index (χ2n) is 7.14. The Labute approximate surface area is 171 Å². The van der Waals surface area contributed by atoms with Gasteiger partial charge in [-0.25, -0.2) is 0 Å². The molecule has 156 valence electrons. The van der Waals surface area contributed by atoms with Crippen LogP contribution >= 0.6 is 0 Å².